The van der Waals surface area contributed by atoms with Crippen LogP contribution in [0.3, 0.4) is 0 Å². The third-order valence-electron chi connectivity index (χ3n) is 5.86. The number of amides is 2. The van der Waals surface area contributed by atoms with Crippen LogP contribution in [0.1, 0.15) is 34.7 Å². The van der Waals surface area contributed by atoms with E-state index in [0.717, 1.165) is 27.9 Å². The Kier molecular flexibility index (Phi) is 9.91. The molecular formula is C30H30IN3O4. The molecule has 38 heavy (non-hydrogen) atoms. The topological polar surface area (TPSA) is 100 Å². The zero-order chi connectivity index (χ0) is 27.8. The predicted octanol–water partition coefficient (Wildman–Crippen LogP) is 6.49. The predicted molar refractivity (Wildman–Crippen MR) is 159 cm³/mol. The normalized spacial score (nSPS) is 10.9. The van der Waals surface area contributed by atoms with Crippen LogP contribution >= 0.6 is 22.6 Å². The molecule has 0 saturated carbocycles. The molecule has 3 rings (SSSR count). The average Bonchev–Trinajstić information content (AvgIpc) is 2.86. The van der Waals surface area contributed by atoms with Crippen LogP contribution in [-0.4, -0.2) is 25.0 Å². The molecule has 0 aliphatic heterocycles. The van der Waals surface area contributed by atoms with Crippen molar-refractivity contribution in [2.24, 2.45) is 0 Å². The summed E-state index contributed by atoms with van der Waals surface area (Å²) in [6, 6.07) is 16.8. The van der Waals surface area contributed by atoms with Crippen molar-refractivity contribution in [3.05, 3.63) is 85.5 Å². The molecule has 3 aromatic carbocycles. The number of halogens is 1. The van der Waals surface area contributed by atoms with Crippen molar-refractivity contribution >= 4 is 51.9 Å². The molecule has 2 N–H and O–H groups in total. The largest absolute Gasteiger partial charge is 0.490 e. The molecule has 0 aromatic heterocycles. The number of hydrogen-bond donors (Lipinski definition) is 2. The van der Waals surface area contributed by atoms with Gasteiger partial charge in [0.05, 0.1) is 10.2 Å². The molecule has 0 aliphatic rings. The lowest BCUT2D eigenvalue weighted by Gasteiger charge is -2.15. The van der Waals surface area contributed by atoms with Gasteiger partial charge in [0.2, 0.25) is 0 Å². The Bertz CT molecular complexity index is 1440. The van der Waals surface area contributed by atoms with Gasteiger partial charge in [0.15, 0.2) is 18.1 Å². The number of carbonyl (C=O) groups excluding carboxylic acids is 2. The van der Waals surface area contributed by atoms with Gasteiger partial charge in [-0.15, -0.1) is 0 Å². The number of anilines is 2. The smallest absolute Gasteiger partial charge is 0.266 e. The van der Waals surface area contributed by atoms with Gasteiger partial charge in [-0.2, -0.15) is 5.26 Å². The van der Waals surface area contributed by atoms with Crippen LogP contribution in [-0.2, 0) is 9.59 Å². The maximum absolute atomic E-state index is 12.8. The van der Waals surface area contributed by atoms with Gasteiger partial charge in [-0.1, -0.05) is 29.8 Å². The van der Waals surface area contributed by atoms with E-state index in [-0.39, 0.29) is 18.1 Å². The number of aryl methyl sites for hydroxylation is 3. The number of ether oxygens (including phenoxy) is 2. The lowest BCUT2D eigenvalue weighted by molar-refractivity contribution is -0.118. The van der Waals surface area contributed by atoms with Gasteiger partial charge in [0.1, 0.15) is 11.6 Å². The van der Waals surface area contributed by atoms with E-state index in [1.54, 1.807) is 18.2 Å². The summed E-state index contributed by atoms with van der Waals surface area (Å²) >= 11 is 2.08. The molecule has 0 bridgehead atoms. The zero-order valence-corrected chi connectivity index (χ0v) is 24.2. The molecule has 2 amide bonds. The summed E-state index contributed by atoms with van der Waals surface area (Å²) in [6.45, 7) is 9.80. The van der Waals surface area contributed by atoms with Crippen molar-refractivity contribution in [2.75, 3.05) is 23.8 Å². The van der Waals surface area contributed by atoms with Crippen LogP contribution in [0.2, 0.25) is 0 Å². The van der Waals surface area contributed by atoms with E-state index in [2.05, 4.69) is 33.2 Å². The summed E-state index contributed by atoms with van der Waals surface area (Å²) in [5.74, 6) is 0.0301. The van der Waals surface area contributed by atoms with Crippen molar-refractivity contribution in [2.45, 2.75) is 34.6 Å². The lowest BCUT2D eigenvalue weighted by atomic mass is 10.1. The molecule has 0 heterocycles. The summed E-state index contributed by atoms with van der Waals surface area (Å²) < 4.78 is 12.3. The number of benzene rings is 3. The number of nitrogens with one attached hydrogen (secondary N) is 2. The van der Waals surface area contributed by atoms with Crippen molar-refractivity contribution in [1.82, 2.24) is 0 Å². The van der Waals surface area contributed by atoms with Crippen LogP contribution in [0.4, 0.5) is 11.4 Å². The van der Waals surface area contributed by atoms with E-state index in [4.69, 9.17) is 9.47 Å². The number of nitriles is 1. The highest BCUT2D eigenvalue weighted by atomic mass is 127. The SMILES string of the molecule is CCOc1cc(/C=C(/C#N)C(=O)Nc2cccc(C)c2C)cc(I)c1OCC(=O)Nc1ccc(C)cc1C. The number of rotatable bonds is 9. The highest BCUT2D eigenvalue weighted by Gasteiger charge is 2.16. The molecule has 196 valence electrons. The first kappa shape index (κ1) is 28.7. The summed E-state index contributed by atoms with van der Waals surface area (Å²) in [7, 11) is 0. The molecule has 8 heteroatoms. The molecule has 0 radical (unpaired) electrons. The Labute approximate surface area is 237 Å². The molecule has 0 spiro atoms. The zero-order valence-electron chi connectivity index (χ0n) is 22.1. The Balaban J connectivity index is 1.79. The minimum absolute atomic E-state index is 0.0503. The first-order valence-electron chi connectivity index (χ1n) is 12.1. The van der Waals surface area contributed by atoms with Gasteiger partial charge >= 0.3 is 0 Å². The second-order valence-corrected chi connectivity index (χ2v) is 9.95. The Morgan fingerprint density at radius 3 is 2.42 bits per heavy atom. The highest BCUT2D eigenvalue weighted by Crippen LogP contribution is 2.35. The van der Waals surface area contributed by atoms with Crippen LogP contribution in [0, 0.1) is 42.6 Å². The van der Waals surface area contributed by atoms with E-state index < -0.39 is 5.91 Å². The fourth-order valence-electron chi connectivity index (χ4n) is 3.74. The molecule has 0 saturated heterocycles. The molecule has 7 nitrogen and oxygen atoms in total. The van der Waals surface area contributed by atoms with Gasteiger partial charge in [0, 0.05) is 11.4 Å². The second kappa shape index (κ2) is 13.1. The monoisotopic (exact) mass is 623 g/mol. The third-order valence-corrected chi connectivity index (χ3v) is 6.67. The quantitative estimate of drug-likeness (QED) is 0.161. The van der Waals surface area contributed by atoms with E-state index in [0.29, 0.717) is 32.9 Å². The summed E-state index contributed by atoms with van der Waals surface area (Å²) in [5.41, 5.74) is 5.99. The summed E-state index contributed by atoms with van der Waals surface area (Å²) in [6.07, 6.45) is 1.50. The average molecular weight is 623 g/mol. The molecule has 0 atom stereocenters. The Morgan fingerprint density at radius 1 is 0.974 bits per heavy atom. The van der Waals surface area contributed by atoms with Crippen molar-refractivity contribution in [3.63, 3.8) is 0 Å². The number of hydrogen-bond acceptors (Lipinski definition) is 5. The standard InChI is InChI=1S/C30H30IN3O4/c1-6-37-27-15-22(13-23(16-32)30(36)34-26-9-7-8-19(3)21(26)5)14-24(31)29(27)38-17-28(35)33-25-11-10-18(2)12-20(25)4/h7-15H,6,17H2,1-5H3,(H,33,35)(H,34,36)/b23-13-. The van der Waals surface area contributed by atoms with Gasteiger partial charge in [-0.3, -0.25) is 9.59 Å². The first-order valence-corrected chi connectivity index (χ1v) is 13.2. The number of nitrogens with zero attached hydrogens (tertiary/aromatic N) is 1. The fourth-order valence-corrected chi connectivity index (χ4v) is 4.52. The van der Waals surface area contributed by atoms with Gasteiger partial charge in [-0.05, 0) is 110 Å². The molecule has 0 aliphatic carbocycles. The van der Waals surface area contributed by atoms with Gasteiger partial charge < -0.3 is 20.1 Å². The molecule has 0 fully saturated rings. The lowest BCUT2D eigenvalue weighted by Crippen LogP contribution is -2.21. The van der Waals surface area contributed by atoms with Crippen LogP contribution in [0.15, 0.2) is 54.1 Å². The van der Waals surface area contributed by atoms with E-state index >= 15 is 0 Å². The highest BCUT2D eigenvalue weighted by molar-refractivity contribution is 14.1. The van der Waals surface area contributed by atoms with E-state index in [9.17, 15) is 14.9 Å². The third kappa shape index (κ3) is 7.35. The first-order chi connectivity index (χ1) is 18.1. The maximum atomic E-state index is 12.8. The Morgan fingerprint density at radius 2 is 1.74 bits per heavy atom. The molecule has 0 unspecified atom stereocenters. The Hall–Kier alpha value is -3.84. The van der Waals surface area contributed by atoms with Gasteiger partial charge in [-0.25, -0.2) is 0 Å². The maximum Gasteiger partial charge on any atom is 0.266 e. The summed E-state index contributed by atoms with van der Waals surface area (Å²) in [5, 5.41) is 15.4. The molecular weight excluding hydrogens is 593 g/mol. The van der Waals surface area contributed by atoms with Crippen molar-refractivity contribution < 1.29 is 19.1 Å². The van der Waals surface area contributed by atoms with Crippen molar-refractivity contribution in [1.29, 1.82) is 5.26 Å². The molecule has 3 aromatic rings. The fraction of sp³-hybridized carbons (Fsp3) is 0.233. The number of carbonyl (C=O) groups is 2. The van der Waals surface area contributed by atoms with E-state index in [1.165, 1.54) is 6.08 Å². The van der Waals surface area contributed by atoms with Crippen molar-refractivity contribution in [3.8, 4) is 17.6 Å². The van der Waals surface area contributed by atoms with E-state index in [1.807, 2.05) is 71.0 Å². The van der Waals surface area contributed by atoms with Gasteiger partial charge in [0.25, 0.3) is 11.8 Å². The van der Waals surface area contributed by atoms with Crippen LogP contribution < -0.4 is 20.1 Å². The minimum Gasteiger partial charge on any atom is -0.490 e. The summed E-state index contributed by atoms with van der Waals surface area (Å²) in [4.78, 5) is 25.4. The van der Waals surface area contributed by atoms with Crippen LogP contribution in [0.25, 0.3) is 6.08 Å². The minimum atomic E-state index is -0.502. The second-order valence-electron chi connectivity index (χ2n) is 8.79. The van der Waals surface area contributed by atoms with Crippen LogP contribution in [0.5, 0.6) is 11.5 Å².